The average molecular weight is 593 g/mol. The van der Waals surface area contributed by atoms with Gasteiger partial charge in [0.15, 0.2) is 6.17 Å². The molecule has 0 spiro atoms. The third-order valence-corrected chi connectivity index (χ3v) is 7.14. The number of benzene rings is 3. The molecule has 39 heavy (non-hydrogen) atoms. The molecule has 1 heterocycles. The molecule has 1 fully saturated rings. The van der Waals surface area contributed by atoms with E-state index in [-0.39, 0.29) is 34.3 Å². The van der Waals surface area contributed by atoms with Crippen LogP contribution in [0.25, 0.3) is 0 Å². The summed E-state index contributed by atoms with van der Waals surface area (Å²) in [6.07, 6.45) is -1.94. The molecule has 8 nitrogen and oxygen atoms in total. The summed E-state index contributed by atoms with van der Waals surface area (Å²) in [4.78, 5) is 54.6. The molecule has 2 unspecified atom stereocenters. The molecule has 1 aliphatic rings. The van der Waals surface area contributed by atoms with Gasteiger partial charge in [-0.05, 0) is 60.2 Å². The molecule has 2 N–H and O–H groups in total. The molecule has 3 aromatic rings. The topological polar surface area (TPSA) is 107 Å². The molecular formula is C27H21Cl3FN3O5. The van der Waals surface area contributed by atoms with Crippen LogP contribution in [0.1, 0.15) is 38.7 Å². The maximum Gasteiger partial charge on any atom is 0.305 e. The zero-order valence-corrected chi connectivity index (χ0v) is 22.4. The Hall–Kier alpha value is -3.66. The number of hydrogen-bond donors (Lipinski definition) is 2. The van der Waals surface area contributed by atoms with Crippen LogP contribution in [-0.4, -0.2) is 57.9 Å². The van der Waals surface area contributed by atoms with E-state index < -0.39 is 48.1 Å². The number of nitrogens with one attached hydrogen (secondary N) is 1. The average Bonchev–Trinajstić information content (AvgIpc) is 3.35. The summed E-state index contributed by atoms with van der Waals surface area (Å²) in [5.74, 6) is -3.66. The summed E-state index contributed by atoms with van der Waals surface area (Å²) < 4.78 is 13.5. The molecule has 0 saturated carbocycles. The van der Waals surface area contributed by atoms with E-state index in [9.17, 15) is 28.7 Å². The molecule has 2 atom stereocenters. The fraction of sp³-hybridized carbons (Fsp3) is 0.185. The minimum Gasteiger partial charge on any atom is -0.481 e. The Morgan fingerprint density at radius 3 is 1.97 bits per heavy atom. The highest BCUT2D eigenvalue weighted by molar-refractivity contribution is 6.42. The quantitative estimate of drug-likeness (QED) is 0.400. The number of hydrogen-bond acceptors (Lipinski definition) is 4. The number of rotatable bonds is 7. The van der Waals surface area contributed by atoms with Gasteiger partial charge in [-0.2, -0.15) is 0 Å². The number of carbonyl (C=O) groups is 4. The van der Waals surface area contributed by atoms with Gasteiger partial charge in [-0.1, -0.05) is 46.9 Å². The van der Waals surface area contributed by atoms with Crippen LogP contribution in [0.4, 0.5) is 4.39 Å². The van der Waals surface area contributed by atoms with Crippen molar-refractivity contribution in [3.05, 3.63) is 104 Å². The lowest BCUT2D eigenvalue weighted by Crippen LogP contribution is -2.54. The number of aliphatic carboxylic acids is 1. The predicted molar refractivity (Wildman–Crippen MR) is 143 cm³/mol. The van der Waals surface area contributed by atoms with Crippen molar-refractivity contribution in [1.29, 1.82) is 0 Å². The van der Waals surface area contributed by atoms with Crippen molar-refractivity contribution in [2.75, 3.05) is 13.1 Å². The molecule has 3 amide bonds. The van der Waals surface area contributed by atoms with Crippen LogP contribution in [0.15, 0.2) is 66.7 Å². The van der Waals surface area contributed by atoms with Crippen LogP contribution < -0.4 is 5.32 Å². The van der Waals surface area contributed by atoms with Gasteiger partial charge in [0.1, 0.15) is 5.82 Å². The first-order valence-electron chi connectivity index (χ1n) is 11.7. The fourth-order valence-corrected chi connectivity index (χ4v) is 4.68. The van der Waals surface area contributed by atoms with Gasteiger partial charge in [-0.3, -0.25) is 19.2 Å². The van der Waals surface area contributed by atoms with E-state index in [1.807, 2.05) is 0 Å². The third kappa shape index (κ3) is 6.50. The summed E-state index contributed by atoms with van der Waals surface area (Å²) >= 11 is 18.0. The summed E-state index contributed by atoms with van der Waals surface area (Å²) in [6, 6.07) is 14.2. The summed E-state index contributed by atoms with van der Waals surface area (Å²) in [5.41, 5.74) is 0.716. The minimum atomic E-state index is -1.42. The second-order valence-electron chi connectivity index (χ2n) is 8.72. The Morgan fingerprint density at radius 1 is 0.846 bits per heavy atom. The Kier molecular flexibility index (Phi) is 8.74. The van der Waals surface area contributed by atoms with Gasteiger partial charge < -0.3 is 20.2 Å². The van der Waals surface area contributed by atoms with E-state index >= 15 is 0 Å². The Bertz CT molecular complexity index is 1420. The SMILES string of the molecule is O=C(O)CC(NC(=O)C1N(C(=O)c2ccc(Cl)cc2)CCN1C(=O)c1ccc(Cl)c(Cl)c1)c1ccc(F)cc1. The van der Waals surface area contributed by atoms with E-state index in [0.29, 0.717) is 10.6 Å². The highest BCUT2D eigenvalue weighted by Gasteiger charge is 2.44. The molecule has 0 aromatic heterocycles. The number of halogens is 4. The van der Waals surface area contributed by atoms with Gasteiger partial charge in [-0.15, -0.1) is 0 Å². The van der Waals surface area contributed by atoms with Crippen LogP contribution in [0.2, 0.25) is 15.1 Å². The van der Waals surface area contributed by atoms with Gasteiger partial charge >= 0.3 is 5.97 Å². The standard InChI is InChI=1S/C27H21Cl3FN3O5/c28-18-6-1-16(2-7-18)26(38)33-11-12-34(27(39)17-5-10-20(29)21(30)13-17)25(33)24(37)32-22(14-23(35)36)15-3-8-19(31)9-4-15/h1-10,13,22,25H,11-12,14H2,(H,32,37)(H,35,36). The van der Waals surface area contributed by atoms with E-state index in [0.717, 1.165) is 12.1 Å². The number of amides is 3. The maximum atomic E-state index is 13.7. The zero-order valence-electron chi connectivity index (χ0n) is 20.1. The smallest absolute Gasteiger partial charge is 0.305 e. The molecule has 0 radical (unpaired) electrons. The van der Waals surface area contributed by atoms with Crippen molar-refractivity contribution in [3.8, 4) is 0 Å². The second kappa shape index (κ2) is 12.0. The fourth-order valence-electron chi connectivity index (χ4n) is 4.26. The van der Waals surface area contributed by atoms with Crippen molar-refractivity contribution in [2.45, 2.75) is 18.6 Å². The van der Waals surface area contributed by atoms with Crippen LogP contribution >= 0.6 is 34.8 Å². The van der Waals surface area contributed by atoms with Crippen molar-refractivity contribution in [3.63, 3.8) is 0 Å². The second-order valence-corrected chi connectivity index (χ2v) is 9.97. The molecule has 1 saturated heterocycles. The number of carbonyl (C=O) groups excluding carboxylic acids is 3. The van der Waals surface area contributed by atoms with Crippen LogP contribution in [0, 0.1) is 5.82 Å². The minimum absolute atomic E-state index is 0.0106. The Labute approximate surface area is 237 Å². The lowest BCUT2D eigenvalue weighted by atomic mass is 10.0. The number of carboxylic acid groups (broad SMARTS) is 1. The van der Waals surface area contributed by atoms with Crippen LogP contribution in [0.3, 0.4) is 0 Å². The molecule has 1 aliphatic heterocycles. The van der Waals surface area contributed by atoms with Gasteiger partial charge in [0.25, 0.3) is 17.7 Å². The largest absolute Gasteiger partial charge is 0.481 e. The molecular weight excluding hydrogens is 572 g/mol. The van der Waals surface area contributed by atoms with Gasteiger partial charge in [0, 0.05) is 29.2 Å². The normalized spacial score (nSPS) is 15.6. The van der Waals surface area contributed by atoms with E-state index in [4.69, 9.17) is 34.8 Å². The molecule has 202 valence electrons. The van der Waals surface area contributed by atoms with E-state index in [1.165, 1.54) is 64.4 Å². The first-order valence-corrected chi connectivity index (χ1v) is 12.8. The molecule has 0 aliphatic carbocycles. The summed E-state index contributed by atoms with van der Waals surface area (Å²) in [6.45, 7) is 0.0311. The van der Waals surface area contributed by atoms with Gasteiger partial charge in [0.2, 0.25) is 0 Å². The molecule has 3 aromatic carbocycles. The third-order valence-electron chi connectivity index (χ3n) is 6.15. The number of carboxylic acids is 1. The Morgan fingerprint density at radius 2 is 1.41 bits per heavy atom. The molecule has 12 heteroatoms. The lowest BCUT2D eigenvalue weighted by Gasteiger charge is -2.31. The van der Waals surface area contributed by atoms with Crippen molar-refractivity contribution in [2.24, 2.45) is 0 Å². The number of nitrogens with zero attached hydrogens (tertiary/aromatic N) is 2. The molecule has 0 bridgehead atoms. The van der Waals surface area contributed by atoms with Crippen LogP contribution in [-0.2, 0) is 9.59 Å². The zero-order chi connectivity index (χ0) is 28.3. The van der Waals surface area contributed by atoms with Crippen molar-refractivity contribution in [1.82, 2.24) is 15.1 Å². The van der Waals surface area contributed by atoms with Gasteiger partial charge in [-0.25, -0.2) is 4.39 Å². The van der Waals surface area contributed by atoms with E-state index in [2.05, 4.69) is 5.32 Å². The monoisotopic (exact) mass is 591 g/mol. The van der Waals surface area contributed by atoms with Crippen molar-refractivity contribution < 1.29 is 28.7 Å². The van der Waals surface area contributed by atoms with E-state index in [1.54, 1.807) is 0 Å². The lowest BCUT2D eigenvalue weighted by molar-refractivity contribution is -0.138. The highest BCUT2D eigenvalue weighted by Crippen LogP contribution is 2.27. The van der Waals surface area contributed by atoms with Crippen molar-refractivity contribution >= 4 is 58.5 Å². The maximum absolute atomic E-state index is 13.7. The summed E-state index contributed by atoms with van der Waals surface area (Å²) in [7, 11) is 0. The molecule has 4 rings (SSSR count). The summed E-state index contributed by atoms with van der Waals surface area (Å²) in [5, 5.41) is 12.8. The first-order chi connectivity index (χ1) is 18.5. The first kappa shape index (κ1) is 28.4. The predicted octanol–water partition coefficient (Wildman–Crippen LogP) is 5.04. The van der Waals surface area contributed by atoms with Crippen LogP contribution in [0.5, 0.6) is 0 Å². The van der Waals surface area contributed by atoms with Gasteiger partial charge in [0.05, 0.1) is 22.5 Å². The Balaban J connectivity index is 1.69. The highest BCUT2D eigenvalue weighted by atomic mass is 35.5.